The summed E-state index contributed by atoms with van der Waals surface area (Å²) in [5.41, 5.74) is 5.21. The van der Waals surface area contributed by atoms with Gasteiger partial charge >= 0.3 is 0 Å². The Morgan fingerprint density at radius 2 is 1.81 bits per heavy atom. The van der Waals surface area contributed by atoms with E-state index in [9.17, 15) is 4.79 Å². The lowest BCUT2D eigenvalue weighted by molar-refractivity contribution is 0.0939. The smallest absolute Gasteiger partial charge is 0.251 e. The summed E-state index contributed by atoms with van der Waals surface area (Å²) in [5, 5.41) is 7.69. The van der Waals surface area contributed by atoms with E-state index in [-0.39, 0.29) is 11.9 Å². The van der Waals surface area contributed by atoms with Crippen molar-refractivity contribution in [2.24, 2.45) is 0 Å². The van der Waals surface area contributed by atoms with E-state index in [4.69, 9.17) is 0 Å². The Labute approximate surface area is 162 Å². The molecule has 1 amide bonds. The summed E-state index contributed by atoms with van der Waals surface area (Å²) in [6, 6.07) is 7.98. The Kier molecular flexibility index (Phi) is 6.32. The molecular formula is C22H32N4O. The van der Waals surface area contributed by atoms with Gasteiger partial charge in [-0.1, -0.05) is 18.6 Å². The summed E-state index contributed by atoms with van der Waals surface area (Å²) >= 11 is 0. The van der Waals surface area contributed by atoms with Gasteiger partial charge in [-0.2, -0.15) is 5.10 Å². The highest BCUT2D eigenvalue weighted by molar-refractivity contribution is 5.94. The Balaban J connectivity index is 1.63. The molecule has 2 heterocycles. The number of nitrogens with zero attached hydrogens (tertiary/aromatic N) is 3. The minimum atomic E-state index is -0.0640. The molecule has 5 heteroatoms. The maximum atomic E-state index is 12.7. The number of carbonyl (C=O) groups excluding carboxylic acids is 1. The molecule has 146 valence electrons. The van der Waals surface area contributed by atoms with Gasteiger partial charge < -0.3 is 5.32 Å². The highest BCUT2D eigenvalue weighted by Gasteiger charge is 2.19. The molecule has 1 fully saturated rings. The number of hydrogen-bond donors (Lipinski definition) is 1. The molecule has 1 aromatic carbocycles. The summed E-state index contributed by atoms with van der Waals surface area (Å²) in [6.07, 6.45) is 3.95. The van der Waals surface area contributed by atoms with Gasteiger partial charge in [0.25, 0.3) is 5.91 Å². The van der Waals surface area contributed by atoms with Gasteiger partial charge in [-0.15, -0.1) is 0 Å². The number of nitrogens with one attached hydrogen (secondary N) is 1. The third-order valence-corrected chi connectivity index (χ3v) is 5.59. The lowest BCUT2D eigenvalue weighted by Gasteiger charge is -2.26. The van der Waals surface area contributed by atoms with Crippen LogP contribution in [0.25, 0.3) is 0 Å². The second-order valence-electron chi connectivity index (χ2n) is 7.63. The number of rotatable bonds is 6. The largest absolute Gasteiger partial charge is 0.345 e. The fourth-order valence-corrected chi connectivity index (χ4v) is 4.13. The fraction of sp³-hybridized carbons (Fsp3) is 0.545. The number of benzene rings is 1. The fourth-order valence-electron chi connectivity index (χ4n) is 4.13. The highest BCUT2D eigenvalue weighted by atomic mass is 16.1. The van der Waals surface area contributed by atoms with Crippen molar-refractivity contribution in [1.82, 2.24) is 20.0 Å². The topological polar surface area (TPSA) is 50.2 Å². The summed E-state index contributed by atoms with van der Waals surface area (Å²) in [7, 11) is 0. The van der Waals surface area contributed by atoms with E-state index < -0.39 is 0 Å². The molecule has 3 rings (SSSR count). The highest BCUT2D eigenvalue weighted by Crippen LogP contribution is 2.22. The van der Waals surface area contributed by atoms with E-state index in [1.165, 1.54) is 37.9 Å². The molecule has 0 bridgehead atoms. The molecule has 27 heavy (non-hydrogen) atoms. The zero-order valence-corrected chi connectivity index (χ0v) is 17.1. The summed E-state index contributed by atoms with van der Waals surface area (Å²) in [5.74, 6) is -0.0323. The average Bonchev–Trinajstić information content (AvgIpc) is 2.96. The number of hydrogen-bond acceptors (Lipinski definition) is 3. The van der Waals surface area contributed by atoms with Crippen molar-refractivity contribution in [2.45, 2.75) is 66.1 Å². The molecule has 0 saturated carbocycles. The third kappa shape index (κ3) is 4.59. The van der Waals surface area contributed by atoms with E-state index in [1.54, 1.807) is 0 Å². The number of likely N-dealkylation sites (tertiary alicyclic amines) is 1. The molecule has 5 nitrogen and oxygen atoms in total. The first kappa shape index (κ1) is 19.6. The third-order valence-electron chi connectivity index (χ3n) is 5.59. The normalized spacial score (nSPS) is 16.3. The minimum absolute atomic E-state index is 0.0323. The molecule has 0 radical (unpaired) electrons. The van der Waals surface area contributed by atoms with Crippen LogP contribution in [0.5, 0.6) is 0 Å². The summed E-state index contributed by atoms with van der Waals surface area (Å²) in [6.45, 7) is 12.4. The second kappa shape index (κ2) is 8.70. The van der Waals surface area contributed by atoms with Crippen LogP contribution in [-0.4, -0.2) is 33.7 Å². The molecular weight excluding hydrogens is 336 g/mol. The van der Waals surface area contributed by atoms with Crippen molar-refractivity contribution in [3.05, 3.63) is 52.3 Å². The number of piperidine rings is 1. The molecule has 1 atom stereocenters. The molecule has 0 spiro atoms. The van der Waals surface area contributed by atoms with E-state index in [0.29, 0.717) is 5.56 Å². The van der Waals surface area contributed by atoms with Crippen LogP contribution in [0.3, 0.4) is 0 Å². The van der Waals surface area contributed by atoms with Crippen molar-refractivity contribution in [2.75, 3.05) is 13.1 Å². The van der Waals surface area contributed by atoms with Crippen LogP contribution in [0.4, 0.5) is 0 Å². The van der Waals surface area contributed by atoms with Crippen molar-refractivity contribution in [1.29, 1.82) is 0 Å². The molecule has 1 unspecified atom stereocenters. The quantitative estimate of drug-likeness (QED) is 0.838. The Morgan fingerprint density at radius 3 is 2.41 bits per heavy atom. The van der Waals surface area contributed by atoms with Gasteiger partial charge in [-0.25, -0.2) is 0 Å². The van der Waals surface area contributed by atoms with Gasteiger partial charge in [0.15, 0.2) is 0 Å². The van der Waals surface area contributed by atoms with Crippen LogP contribution in [0.2, 0.25) is 0 Å². The van der Waals surface area contributed by atoms with Crippen LogP contribution in [0.1, 0.15) is 72.0 Å². The van der Waals surface area contributed by atoms with Crippen LogP contribution in [0, 0.1) is 13.8 Å². The molecule has 1 aliphatic rings. The van der Waals surface area contributed by atoms with Crippen molar-refractivity contribution in [3.63, 3.8) is 0 Å². The van der Waals surface area contributed by atoms with Gasteiger partial charge in [0.05, 0.1) is 11.7 Å². The molecule has 1 aliphatic heterocycles. The maximum absolute atomic E-state index is 12.7. The maximum Gasteiger partial charge on any atom is 0.251 e. The number of amides is 1. The van der Waals surface area contributed by atoms with Crippen molar-refractivity contribution < 1.29 is 4.79 Å². The molecule has 1 N–H and O–H groups in total. The lowest BCUT2D eigenvalue weighted by atomic mass is 10.0. The van der Waals surface area contributed by atoms with Crippen LogP contribution >= 0.6 is 0 Å². The van der Waals surface area contributed by atoms with E-state index in [2.05, 4.69) is 41.3 Å². The zero-order valence-electron chi connectivity index (χ0n) is 17.1. The Hall–Kier alpha value is -2.14. The zero-order chi connectivity index (χ0) is 19.4. The number of aryl methyl sites for hydroxylation is 2. The van der Waals surface area contributed by atoms with Gasteiger partial charge in [0.1, 0.15) is 0 Å². The number of carbonyl (C=O) groups is 1. The molecule has 1 saturated heterocycles. The van der Waals surface area contributed by atoms with Gasteiger partial charge in [-0.3, -0.25) is 14.4 Å². The summed E-state index contributed by atoms with van der Waals surface area (Å²) < 4.78 is 1.99. The average molecular weight is 369 g/mol. The summed E-state index contributed by atoms with van der Waals surface area (Å²) in [4.78, 5) is 15.2. The SMILES string of the molecule is CCn1nc(C)c(C(C)NC(=O)c2ccc(CN3CCCCC3)cc2)c1C. The Morgan fingerprint density at radius 1 is 1.15 bits per heavy atom. The van der Waals surface area contributed by atoms with E-state index >= 15 is 0 Å². The Bertz CT molecular complexity index is 772. The number of aromatic nitrogens is 2. The first-order valence-electron chi connectivity index (χ1n) is 10.2. The molecule has 0 aliphatic carbocycles. The molecule has 2 aromatic rings. The van der Waals surface area contributed by atoms with E-state index in [1.807, 2.05) is 30.7 Å². The predicted octanol–water partition coefficient (Wildman–Crippen LogP) is 4.00. The monoisotopic (exact) mass is 368 g/mol. The van der Waals surface area contributed by atoms with Gasteiger partial charge in [0, 0.05) is 29.9 Å². The first-order chi connectivity index (χ1) is 13.0. The second-order valence-corrected chi connectivity index (χ2v) is 7.63. The first-order valence-corrected chi connectivity index (χ1v) is 10.2. The van der Waals surface area contributed by atoms with Crippen LogP contribution < -0.4 is 5.32 Å². The minimum Gasteiger partial charge on any atom is -0.345 e. The van der Waals surface area contributed by atoms with Crippen molar-refractivity contribution in [3.8, 4) is 0 Å². The van der Waals surface area contributed by atoms with Gasteiger partial charge in [0.2, 0.25) is 0 Å². The molecule has 1 aromatic heterocycles. The van der Waals surface area contributed by atoms with Crippen LogP contribution in [-0.2, 0) is 13.1 Å². The van der Waals surface area contributed by atoms with Gasteiger partial charge in [-0.05, 0) is 71.3 Å². The van der Waals surface area contributed by atoms with Crippen LogP contribution in [0.15, 0.2) is 24.3 Å². The lowest BCUT2D eigenvalue weighted by Crippen LogP contribution is -2.29. The van der Waals surface area contributed by atoms with E-state index in [0.717, 1.165) is 30.0 Å². The predicted molar refractivity (Wildman–Crippen MR) is 109 cm³/mol. The standard InChI is InChI=1S/C22H32N4O/c1-5-26-18(4)21(17(3)24-26)16(2)23-22(27)20-11-9-19(10-12-20)15-25-13-7-6-8-14-25/h9-12,16H,5-8,13-15H2,1-4H3,(H,23,27). The van der Waals surface area contributed by atoms with Crippen molar-refractivity contribution >= 4 is 5.91 Å².